The summed E-state index contributed by atoms with van der Waals surface area (Å²) in [6.45, 7) is 11.8. The van der Waals surface area contributed by atoms with Gasteiger partial charge in [0.15, 0.2) is 0 Å². The summed E-state index contributed by atoms with van der Waals surface area (Å²) in [6.07, 6.45) is 9.73. The van der Waals surface area contributed by atoms with Crippen LogP contribution in [0.4, 0.5) is 0 Å². The summed E-state index contributed by atoms with van der Waals surface area (Å²) in [5.41, 5.74) is 0.627. The van der Waals surface area contributed by atoms with E-state index in [0.717, 1.165) is 5.92 Å². The van der Waals surface area contributed by atoms with Gasteiger partial charge in [-0.3, -0.25) is 0 Å². The number of hydrogen-bond donors (Lipinski definition) is 0. The fraction of sp³-hybridized carbons (Fsp3) is 1.00. The first-order valence-corrected chi connectivity index (χ1v) is 6.58. The van der Waals surface area contributed by atoms with Crippen LogP contribution < -0.4 is 0 Å². The first-order chi connectivity index (χ1) is 6.58. The summed E-state index contributed by atoms with van der Waals surface area (Å²) in [6, 6.07) is 0. The van der Waals surface area contributed by atoms with Crippen molar-refractivity contribution in [3.8, 4) is 0 Å². The van der Waals surface area contributed by atoms with Crippen molar-refractivity contribution in [2.24, 2.45) is 11.3 Å². The van der Waals surface area contributed by atoms with E-state index in [1.807, 2.05) is 0 Å². The molecule has 0 spiro atoms. The van der Waals surface area contributed by atoms with Gasteiger partial charge in [0.2, 0.25) is 0 Å². The number of rotatable bonds is 8. The van der Waals surface area contributed by atoms with Crippen molar-refractivity contribution in [1.29, 1.82) is 0 Å². The first kappa shape index (κ1) is 14.0. The molecule has 86 valence electrons. The van der Waals surface area contributed by atoms with Crippen molar-refractivity contribution in [3.63, 3.8) is 0 Å². The molecule has 0 aliphatic carbocycles. The lowest BCUT2D eigenvalue weighted by Crippen LogP contribution is -2.15. The molecule has 0 saturated carbocycles. The van der Waals surface area contributed by atoms with Gasteiger partial charge in [0.25, 0.3) is 0 Å². The Labute approximate surface area is 91.5 Å². The highest BCUT2D eigenvalue weighted by Crippen LogP contribution is 2.33. The van der Waals surface area contributed by atoms with Crippen LogP contribution in [0.15, 0.2) is 0 Å². The molecule has 0 aromatic carbocycles. The van der Waals surface area contributed by atoms with Crippen LogP contribution in [0.1, 0.15) is 79.6 Å². The average Bonchev–Trinajstić information content (AvgIpc) is 2.18. The largest absolute Gasteiger partial charge is 0.0654 e. The highest BCUT2D eigenvalue weighted by atomic mass is 14.3. The van der Waals surface area contributed by atoms with E-state index in [4.69, 9.17) is 0 Å². The third kappa shape index (κ3) is 5.67. The zero-order chi connectivity index (χ0) is 11.0. The van der Waals surface area contributed by atoms with Crippen LogP contribution in [-0.4, -0.2) is 0 Å². The van der Waals surface area contributed by atoms with Crippen LogP contribution in [0.3, 0.4) is 0 Å². The molecule has 0 heterocycles. The molecule has 14 heavy (non-hydrogen) atoms. The van der Waals surface area contributed by atoms with Crippen molar-refractivity contribution in [2.45, 2.75) is 79.6 Å². The fourth-order valence-electron chi connectivity index (χ4n) is 2.16. The van der Waals surface area contributed by atoms with E-state index in [1.165, 1.54) is 44.9 Å². The van der Waals surface area contributed by atoms with Gasteiger partial charge in [-0.1, -0.05) is 66.7 Å². The maximum Gasteiger partial charge on any atom is -0.0329 e. The molecule has 0 nitrogen and oxygen atoms in total. The molecule has 0 fully saturated rings. The Morgan fingerprint density at radius 2 is 1.71 bits per heavy atom. The van der Waals surface area contributed by atoms with Crippen LogP contribution in [-0.2, 0) is 0 Å². The van der Waals surface area contributed by atoms with Crippen LogP contribution in [0.2, 0.25) is 0 Å². The lowest BCUT2D eigenvalue weighted by Gasteiger charge is -2.28. The van der Waals surface area contributed by atoms with Crippen molar-refractivity contribution in [3.05, 3.63) is 0 Å². The van der Waals surface area contributed by atoms with E-state index in [-0.39, 0.29) is 0 Å². The van der Waals surface area contributed by atoms with Crippen molar-refractivity contribution < 1.29 is 0 Å². The van der Waals surface area contributed by atoms with E-state index in [2.05, 4.69) is 34.6 Å². The molecule has 0 saturated heterocycles. The summed E-state index contributed by atoms with van der Waals surface area (Å²) in [7, 11) is 0. The molecule has 0 bridgehead atoms. The Bertz CT molecular complexity index is 128. The molecule has 0 aromatic heterocycles. The van der Waals surface area contributed by atoms with Crippen LogP contribution in [0.25, 0.3) is 0 Å². The first-order valence-electron chi connectivity index (χ1n) is 6.58. The molecular weight excluding hydrogens is 168 g/mol. The Balaban J connectivity index is 3.72. The van der Waals surface area contributed by atoms with Gasteiger partial charge < -0.3 is 0 Å². The molecule has 0 aliphatic heterocycles. The lowest BCUT2D eigenvalue weighted by atomic mass is 9.78. The Morgan fingerprint density at radius 1 is 1.07 bits per heavy atom. The molecule has 0 aliphatic rings. The fourth-order valence-corrected chi connectivity index (χ4v) is 2.16. The smallest absolute Gasteiger partial charge is 0.0329 e. The highest BCUT2D eigenvalue weighted by molar-refractivity contribution is 4.72. The molecule has 2 unspecified atom stereocenters. The van der Waals surface area contributed by atoms with Crippen LogP contribution in [0.5, 0.6) is 0 Å². The van der Waals surface area contributed by atoms with Crippen molar-refractivity contribution >= 4 is 0 Å². The molecule has 0 amide bonds. The minimum atomic E-state index is 0.627. The van der Waals surface area contributed by atoms with Gasteiger partial charge >= 0.3 is 0 Å². The normalized spacial score (nSPS) is 17.8. The van der Waals surface area contributed by atoms with Crippen LogP contribution >= 0.6 is 0 Å². The van der Waals surface area contributed by atoms with Gasteiger partial charge in [0.1, 0.15) is 0 Å². The van der Waals surface area contributed by atoms with Crippen LogP contribution in [0, 0.1) is 11.3 Å². The number of hydrogen-bond acceptors (Lipinski definition) is 0. The summed E-state index contributed by atoms with van der Waals surface area (Å²) < 4.78 is 0. The molecule has 0 radical (unpaired) electrons. The van der Waals surface area contributed by atoms with E-state index < -0.39 is 0 Å². The quantitative estimate of drug-likeness (QED) is 0.488. The van der Waals surface area contributed by atoms with E-state index in [1.54, 1.807) is 0 Å². The second-order valence-corrected chi connectivity index (χ2v) is 5.32. The monoisotopic (exact) mass is 198 g/mol. The zero-order valence-electron chi connectivity index (χ0n) is 11.0. The van der Waals surface area contributed by atoms with Gasteiger partial charge in [0.05, 0.1) is 0 Å². The van der Waals surface area contributed by atoms with Gasteiger partial charge in [-0.05, 0) is 24.2 Å². The average molecular weight is 198 g/mol. The topological polar surface area (TPSA) is 0 Å². The maximum atomic E-state index is 2.47. The summed E-state index contributed by atoms with van der Waals surface area (Å²) in [5.74, 6) is 0.928. The minimum absolute atomic E-state index is 0.627. The third-order valence-electron chi connectivity index (χ3n) is 3.88. The molecule has 0 aromatic rings. The standard InChI is InChI=1S/C14H30/c1-6-11-14(5,8-3)12-9-10-13(4)7-2/h13H,6-12H2,1-5H3. The lowest BCUT2D eigenvalue weighted by molar-refractivity contribution is 0.242. The van der Waals surface area contributed by atoms with Crippen molar-refractivity contribution in [1.82, 2.24) is 0 Å². The molecule has 0 rings (SSSR count). The second-order valence-electron chi connectivity index (χ2n) is 5.32. The van der Waals surface area contributed by atoms with E-state index >= 15 is 0 Å². The Kier molecular flexibility index (Phi) is 7.31. The van der Waals surface area contributed by atoms with Gasteiger partial charge in [-0.25, -0.2) is 0 Å². The summed E-state index contributed by atoms with van der Waals surface area (Å²) in [4.78, 5) is 0. The molecule has 0 N–H and O–H groups in total. The SMILES string of the molecule is CCCC(C)(CC)CCCC(C)CC. The predicted octanol–water partition coefficient (Wildman–Crippen LogP) is 5.42. The third-order valence-corrected chi connectivity index (χ3v) is 3.88. The van der Waals surface area contributed by atoms with E-state index in [0.29, 0.717) is 5.41 Å². The van der Waals surface area contributed by atoms with E-state index in [9.17, 15) is 0 Å². The zero-order valence-corrected chi connectivity index (χ0v) is 11.0. The molecule has 2 atom stereocenters. The Morgan fingerprint density at radius 3 is 2.14 bits per heavy atom. The minimum Gasteiger partial charge on any atom is -0.0654 e. The predicted molar refractivity (Wildman–Crippen MR) is 66.6 cm³/mol. The Hall–Kier alpha value is 0. The van der Waals surface area contributed by atoms with Gasteiger partial charge in [-0.2, -0.15) is 0 Å². The second kappa shape index (κ2) is 7.31. The van der Waals surface area contributed by atoms with Gasteiger partial charge in [-0.15, -0.1) is 0 Å². The molecule has 0 heteroatoms. The summed E-state index contributed by atoms with van der Waals surface area (Å²) >= 11 is 0. The summed E-state index contributed by atoms with van der Waals surface area (Å²) in [5, 5.41) is 0. The molecular formula is C14H30. The van der Waals surface area contributed by atoms with Gasteiger partial charge in [0, 0.05) is 0 Å². The van der Waals surface area contributed by atoms with Crippen molar-refractivity contribution in [2.75, 3.05) is 0 Å². The maximum absolute atomic E-state index is 2.47. The highest BCUT2D eigenvalue weighted by Gasteiger charge is 2.20.